The number of H-pyrrole nitrogens is 1. The molecule has 3 aromatic carbocycles. The van der Waals surface area contributed by atoms with Gasteiger partial charge in [0, 0.05) is 35.7 Å². The first-order valence-corrected chi connectivity index (χ1v) is 13.1. The maximum absolute atomic E-state index is 13.9. The second-order valence-corrected chi connectivity index (χ2v) is 10.6. The highest BCUT2D eigenvalue weighted by molar-refractivity contribution is 6.11. The number of nitrogens with one attached hydrogen (secondary N) is 2. The minimum Gasteiger partial charge on any atom is -0.493 e. The van der Waals surface area contributed by atoms with Crippen molar-refractivity contribution in [2.24, 2.45) is 0 Å². The summed E-state index contributed by atoms with van der Waals surface area (Å²) in [5, 5.41) is 12.0. The summed E-state index contributed by atoms with van der Waals surface area (Å²) in [7, 11) is 0. The zero-order chi connectivity index (χ0) is 27.4. The molecule has 7 heteroatoms. The van der Waals surface area contributed by atoms with Crippen LogP contribution in [0.1, 0.15) is 37.5 Å². The van der Waals surface area contributed by atoms with Crippen LogP contribution in [0.5, 0.6) is 5.75 Å². The van der Waals surface area contributed by atoms with Crippen molar-refractivity contribution < 1.29 is 9.53 Å². The molecule has 2 heterocycles. The Morgan fingerprint density at radius 2 is 1.72 bits per heavy atom. The van der Waals surface area contributed by atoms with Crippen molar-refractivity contribution in [2.75, 3.05) is 16.8 Å². The number of fused-ring (bicyclic) bond motifs is 1. The molecule has 0 saturated carbocycles. The molecule has 0 bridgehead atoms. The number of pyridine rings is 1. The second-order valence-electron chi connectivity index (χ2n) is 10.6. The fraction of sp³-hybridized carbons (Fsp3) is 0.219. The average Bonchev–Trinajstić information content (AvgIpc) is 3.45. The Labute approximate surface area is 228 Å². The Balaban J connectivity index is 1.44. The molecule has 0 aliphatic rings. The highest BCUT2D eigenvalue weighted by atomic mass is 16.5. The molecule has 0 atom stereocenters. The Hall–Kier alpha value is -4.65. The molecule has 0 saturated heterocycles. The third-order valence-electron chi connectivity index (χ3n) is 6.77. The van der Waals surface area contributed by atoms with E-state index in [1.165, 1.54) is 5.56 Å². The van der Waals surface area contributed by atoms with Gasteiger partial charge in [-0.2, -0.15) is 5.10 Å². The molecule has 0 unspecified atom stereocenters. The molecular formula is C32H33N5O2. The van der Waals surface area contributed by atoms with Crippen molar-refractivity contribution in [2.45, 2.75) is 39.5 Å². The van der Waals surface area contributed by atoms with Gasteiger partial charge in [0.15, 0.2) is 0 Å². The summed E-state index contributed by atoms with van der Waals surface area (Å²) in [5.41, 5.74) is 4.72. The lowest BCUT2D eigenvalue weighted by Gasteiger charge is -2.27. The fourth-order valence-electron chi connectivity index (χ4n) is 4.54. The van der Waals surface area contributed by atoms with E-state index in [0.717, 1.165) is 39.8 Å². The highest BCUT2D eigenvalue weighted by Gasteiger charge is 2.24. The predicted octanol–water partition coefficient (Wildman–Crippen LogP) is 7.56. The third kappa shape index (κ3) is 5.77. The first-order valence-electron chi connectivity index (χ1n) is 13.1. The molecule has 0 aliphatic heterocycles. The molecule has 5 aromatic rings. The molecule has 198 valence electrons. The molecule has 7 nitrogen and oxygen atoms in total. The monoisotopic (exact) mass is 519 g/mol. The van der Waals surface area contributed by atoms with E-state index in [1.54, 1.807) is 29.6 Å². The summed E-state index contributed by atoms with van der Waals surface area (Å²) in [6, 6.07) is 23.5. The Bertz CT molecular complexity index is 1570. The lowest BCUT2D eigenvalue weighted by molar-refractivity contribution is 0.259. The van der Waals surface area contributed by atoms with Gasteiger partial charge in [-0.05, 0) is 59.4 Å². The van der Waals surface area contributed by atoms with Gasteiger partial charge < -0.3 is 10.1 Å². The summed E-state index contributed by atoms with van der Waals surface area (Å²) in [6.45, 7) is 9.03. The lowest BCUT2D eigenvalue weighted by Crippen LogP contribution is -2.32. The Kier molecular flexibility index (Phi) is 7.32. The number of carbonyl (C=O) groups is 1. The number of aromatic amines is 1. The minimum absolute atomic E-state index is 0.0674. The quantitative estimate of drug-likeness (QED) is 0.232. The maximum Gasteiger partial charge on any atom is 0.332 e. The summed E-state index contributed by atoms with van der Waals surface area (Å²) >= 11 is 0. The maximum atomic E-state index is 13.9. The number of amides is 2. The fourth-order valence-corrected chi connectivity index (χ4v) is 4.54. The Morgan fingerprint density at radius 3 is 2.44 bits per heavy atom. The zero-order valence-corrected chi connectivity index (χ0v) is 22.7. The number of aromatic nitrogens is 3. The van der Waals surface area contributed by atoms with E-state index in [9.17, 15) is 4.79 Å². The number of anilines is 3. The zero-order valence-electron chi connectivity index (χ0n) is 22.7. The third-order valence-corrected chi connectivity index (χ3v) is 6.77. The first kappa shape index (κ1) is 26.0. The SMILES string of the molecule is Cc1ccc(C(C)(C)C)cc1N(C(=O)Nc1ccc(OCCc2ccncc2)c2ccccc12)c1ccn[nH]1. The highest BCUT2D eigenvalue weighted by Crippen LogP contribution is 2.35. The van der Waals surface area contributed by atoms with Gasteiger partial charge in [-0.25, -0.2) is 9.69 Å². The largest absolute Gasteiger partial charge is 0.493 e. The van der Waals surface area contributed by atoms with E-state index in [4.69, 9.17) is 4.74 Å². The van der Waals surface area contributed by atoms with Crippen LogP contribution in [0.2, 0.25) is 0 Å². The van der Waals surface area contributed by atoms with Gasteiger partial charge >= 0.3 is 6.03 Å². The van der Waals surface area contributed by atoms with E-state index in [-0.39, 0.29) is 11.4 Å². The van der Waals surface area contributed by atoms with Crippen molar-refractivity contribution in [1.29, 1.82) is 0 Å². The van der Waals surface area contributed by atoms with E-state index >= 15 is 0 Å². The number of nitrogens with zero attached hydrogens (tertiary/aromatic N) is 3. The molecule has 5 rings (SSSR count). The normalized spacial score (nSPS) is 11.4. The summed E-state index contributed by atoms with van der Waals surface area (Å²) in [4.78, 5) is 19.6. The second kappa shape index (κ2) is 11.0. The predicted molar refractivity (Wildman–Crippen MR) is 157 cm³/mol. The van der Waals surface area contributed by atoms with Crippen LogP contribution in [-0.4, -0.2) is 27.8 Å². The smallest absolute Gasteiger partial charge is 0.332 e. The van der Waals surface area contributed by atoms with Crippen LogP contribution in [0.3, 0.4) is 0 Å². The number of benzene rings is 3. The molecule has 0 aliphatic carbocycles. The number of rotatable bonds is 7. The van der Waals surface area contributed by atoms with Gasteiger partial charge in [-0.3, -0.25) is 10.1 Å². The molecule has 0 spiro atoms. The van der Waals surface area contributed by atoms with Crippen molar-refractivity contribution in [3.63, 3.8) is 0 Å². The number of ether oxygens (including phenoxy) is 1. The van der Waals surface area contributed by atoms with Crippen molar-refractivity contribution in [3.05, 3.63) is 108 Å². The lowest BCUT2D eigenvalue weighted by atomic mass is 9.86. The summed E-state index contributed by atoms with van der Waals surface area (Å²) in [5.74, 6) is 1.36. The van der Waals surface area contributed by atoms with Crippen molar-refractivity contribution in [3.8, 4) is 5.75 Å². The number of urea groups is 1. The average molecular weight is 520 g/mol. The van der Waals surface area contributed by atoms with Crippen LogP contribution in [0.4, 0.5) is 22.0 Å². The van der Waals surface area contributed by atoms with Crippen LogP contribution in [-0.2, 0) is 11.8 Å². The van der Waals surface area contributed by atoms with E-state index in [2.05, 4.69) is 59.5 Å². The topological polar surface area (TPSA) is 83.1 Å². The van der Waals surface area contributed by atoms with Gasteiger partial charge in [-0.15, -0.1) is 0 Å². The molecule has 2 aromatic heterocycles. The van der Waals surface area contributed by atoms with E-state index in [0.29, 0.717) is 18.1 Å². The Morgan fingerprint density at radius 1 is 0.949 bits per heavy atom. The van der Waals surface area contributed by atoms with Crippen molar-refractivity contribution >= 4 is 34.0 Å². The van der Waals surface area contributed by atoms with Gasteiger partial charge in [0.25, 0.3) is 0 Å². The molecular weight excluding hydrogens is 486 g/mol. The van der Waals surface area contributed by atoms with Gasteiger partial charge in [0.1, 0.15) is 11.6 Å². The number of aryl methyl sites for hydroxylation is 1. The standard InChI is InChI=1S/C32H33N5O2/c1-22-9-10-24(32(2,3)4)21-28(22)37(30-15-19-34-36-30)31(38)35-27-11-12-29(26-8-6-5-7-25(26)27)39-20-16-23-13-17-33-18-14-23/h5-15,17-19,21H,16,20H2,1-4H3,(H,34,36)(H,35,38). The first-order chi connectivity index (χ1) is 18.8. The molecule has 0 fully saturated rings. The van der Waals surface area contributed by atoms with Crippen LogP contribution < -0.4 is 15.0 Å². The molecule has 2 amide bonds. The van der Waals surface area contributed by atoms with Crippen LogP contribution in [0.25, 0.3) is 10.8 Å². The molecule has 0 radical (unpaired) electrons. The number of hydrogen-bond acceptors (Lipinski definition) is 4. The number of hydrogen-bond donors (Lipinski definition) is 2. The van der Waals surface area contributed by atoms with Crippen LogP contribution in [0.15, 0.2) is 91.4 Å². The number of carbonyl (C=O) groups excluding carboxylic acids is 1. The van der Waals surface area contributed by atoms with Crippen LogP contribution >= 0.6 is 0 Å². The molecule has 39 heavy (non-hydrogen) atoms. The summed E-state index contributed by atoms with van der Waals surface area (Å²) < 4.78 is 6.16. The van der Waals surface area contributed by atoms with Crippen molar-refractivity contribution in [1.82, 2.24) is 15.2 Å². The van der Waals surface area contributed by atoms with Crippen LogP contribution in [0, 0.1) is 6.92 Å². The summed E-state index contributed by atoms with van der Waals surface area (Å²) in [6.07, 6.45) is 6.00. The van der Waals surface area contributed by atoms with Gasteiger partial charge in [-0.1, -0.05) is 57.2 Å². The minimum atomic E-state index is -0.287. The van der Waals surface area contributed by atoms with E-state index < -0.39 is 0 Å². The van der Waals surface area contributed by atoms with Gasteiger partial charge in [0.2, 0.25) is 0 Å². The van der Waals surface area contributed by atoms with Gasteiger partial charge in [0.05, 0.1) is 24.2 Å². The molecule has 2 N–H and O–H groups in total. The van der Waals surface area contributed by atoms with E-state index in [1.807, 2.05) is 55.5 Å².